The third-order valence-corrected chi connectivity index (χ3v) is 6.68. The smallest absolute Gasteiger partial charge is 0.410 e. The summed E-state index contributed by atoms with van der Waals surface area (Å²) >= 11 is 0. The Morgan fingerprint density at radius 3 is 2.22 bits per heavy atom. The Morgan fingerprint density at radius 1 is 1.00 bits per heavy atom. The van der Waals surface area contributed by atoms with E-state index in [2.05, 4.69) is 11.5 Å². The van der Waals surface area contributed by atoms with Crippen LogP contribution in [0.2, 0.25) is 0 Å². The van der Waals surface area contributed by atoms with Crippen LogP contribution < -0.4 is 4.74 Å². The highest BCUT2D eigenvalue weighted by Crippen LogP contribution is 2.30. The van der Waals surface area contributed by atoms with Gasteiger partial charge in [0.15, 0.2) is 0 Å². The van der Waals surface area contributed by atoms with Crippen molar-refractivity contribution in [1.29, 1.82) is 0 Å². The van der Waals surface area contributed by atoms with Gasteiger partial charge in [-0.3, -0.25) is 4.90 Å². The summed E-state index contributed by atoms with van der Waals surface area (Å²) in [7, 11) is 0. The number of halogens is 1. The number of carbonyl (C=O) groups is 2. The summed E-state index contributed by atoms with van der Waals surface area (Å²) in [6.45, 7) is 22.8. The number of nitrogens with zero attached hydrogens (tertiary/aromatic N) is 2. The Bertz CT molecular complexity index is 1280. The second-order valence-electron chi connectivity index (χ2n) is 12.9. The molecule has 1 amide bonds. The maximum atomic E-state index is 14.7. The number of allylic oxidation sites excluding steroid dienone is 1. The zero-order valence-corrected chi connectivity index (χ0v) is 26.0. The second-order valence-corrected chi connectivity index (χ2v) is 12.9. The predicted octanol–water partition coefficient (Wildman–Crippen LogP) is 7.18. The number of benzene rings is 2. The van der Waals surface area contributed by atoms with Crippen LogP contribution >= 0.6 is 0 Å². The fourth-order valence-electron chi connectivity index (χ4n) is 4.67. The molecule has 1 saturated heterocycles. The van der Waals surface area contributed by atoms with Crippen molar-refractivity contribution in [3.63, 3.8) is 0 Å². The van der Waals surface area contributed by atoms with E-state index in [9.17, 15) is 14.0 Å². The van der Waals surface area contributed by atoms with Gasteiger partial charge >= 0.3 is 12.1 Å². The zero-order valence-electron chi connectivity index (χ0n) is 26.0. The molecule has 0 N–H and O–H groups in total. The van der Waals surface area contributed by atoms with Crippen LogP contribution in [0.25, 0.3) is 5.57 Å². The molecular weight excluding hydrogens is 523 g/mol. The van der Waals surface area contributed by atoms with Gasteiger partial charge in [0, 0.05) is 32.2 Å². The lowest BCUT2D eigenvalue weighted by molar-refractivity contribution is -0.00306. The molecule has 1 aliphatic heterocycles. The number of hydrogen-bond acceptors (Lipinski definition) is 6. The first-order chi connectivity index (χ1) is 18.9. The van der Waals surface area contributed by atoms with E-state index < -0.39 is 23.3 Å². The molecule has 1 heterocycles. The molecule has 0 bridgehead atoms. The quantitative estimate of drug-likeness (QED) is 0.330. The van der Waals surface area contributed by atoms with Gasteiger partial charge in [0.25, 0.3) is 0 Å². The first-order valence-corrected chi connectivity index (χ1v) is 14.1. The molecule has 3 rings (SSSR count). The Morgan fingerprint density at radius 2 is 1.66 bits per heavy atom. The van der Waals surface area contributed by atoms with E-state index >= 15 is 0 Å². The van der Waals surface area contributed by atoms with E-state index in [1.807, 2.05) is 61.5 Å². The highest BCUT2D eigenvalue weighted by atomic mass is 19.1. The van der Waals surface area contributed by atoms with Crippen LogP contribution in [0.15, 0.2) is 43.0 Å². The molecule has 1 unspecified atom stereocenters. The second kappa shape index (κ2) is 12.6. The summed E-state index contributed by atoms with van der Waals surface area (Å²) in [4.78, 5) is 29.5. The number of esters is 1. The van der Waals surface area contributed by atoms with Gasteiger partial charge in [-0.25, -0.2) is 14.0 Å². The van der Waals surface area contributed by atoms with Gasteiger partial charge in [-0.05, 0) is 103 Å². The number of piperazine rings is 1. The van der Waals surface area contributed by atoms with Crippen LogP contribution in [0.1, 0.15) is 88.5 Å². The van der Waals surface area contributed by atoms with Crippen molar-refractivity contribution in [2.24, 2.45) is 0 Å². The van der Waals surface area contributed by atoms with Crippen LogP contribution in [0.4, 0.5) is 9.18 Å². The zero-order chi connectivity index (χ0) is 30.7. The Hall–Kier alpha value is -3.39. The van der Waals surface area contributed by atoms with Gasteiger partial charge in [-0.2, -0.15) is 0 Å². The fourth-order valence-corrected chi connectivity index (χ4v) is 4.67. The fraction of sp³-hybridized carbons (Fsp3) is 0.515. The monoisotopic (exact) mass is 568 g/mol. The van der Waals surface area contributed by atoms with E-state index in [1.165, 1.54) is 6.07 Å². The van der Waals surface area contributed by atoms with Crippen LogP contribution in [0.3, 0.4) is 0 Å². The van der Waals surface area contributed by atoms with Crippen molar-refractivity contribution in [3.8, 4) is 5.75 Å². The van der Waals surface area contributed by atoms with Crippen LogP contribution in [0.5, 0.6) is 5.75 Å². The molecule has 1 fully saturated rings. The summed E-state index contributed by atoms with van der Waals surface area (Å²) in [5, 5.41) is 0. The van der Waals surface area contributed by atoms with Crippen molar-refractivity contribution in [3.05, 3.63) is 71.0 Å². The molecular formula is C33H45FN2O5. The van der Waals surface area contributed by atoms with E-state index in [1.54, 1.807) is 36.1 Å². The molecule has 0 saturated carbocycles. The molecule has 0 spiro atoms. The third kappa shape index (κ3) is 9.05. The molecule has 224 valence electrons. The third-order valence-electron chi connectivity index (χ3n) is 6.68. The maximum absolute atomic E-state index is 14.7. The summed E-state index contributed by atoms with van der Waals surface area (Å²) in [5.41, 5.74) is 1.78. The Labute approximate surface area is 244 Å². The molecule has 0 aliphatic carbocycles. The van der Waals surface area contributed by atoms with Crippen molar-refractivity contribution in [1.82, 2.24) is 9.80 Å². The highest BCUT2D eigenvalue weighted by Gasteiger charge is 2.32. The average molecular weight is 569 g/mol. The van der Waals surface area contributed by atoms with Crippen molar-refractivity contribution >= 4 is 17.6 Å². The molecule has 0 radical (unpaired) electrons. The predicted molar refractivity (Wildman–Crippen MR) is 160 cm³/mol. The highest BCUT2D eigenvalue weighted by molar-refractivity contribution is 5.95. The minimum atomic E-state index is -0.635. The standard InChI is InChI=1S/C33H45FN2O5/c1-21(2)27-18-25(13-14-26(27)30(37)40-32(5,6)7)39-29(24-12-11-22(3)28(34)17-24)20-35-15-16-36(23(4)19-35)31(38)41-33(8,9)10/h11-14,17-18,23,29H,1,15-16,19-20H2,2-10H3/t23-,29?/m1/s1. The average Bonchev–Trinajstić information content (AvgIpc) is 2.83. The normalized spacial score (nSPS) is 17.1. The van der Waals surface area contributed by atoms with Gasteiger partial charge in [0.2, 0.25) is 0 Å². The number of hydrogen-bond donors (Lipinski definition) is 0. The summed E-state index contributed by atoms with van der Waals surface area (Å²) < 4.78 is 32.3. The van der Waals surface area contributed by atoms with Gasteiger partial charge in [-0.15, -0.1) is 0 Å². The molecule has 2 atom stereocenters. The van der Waals surface area contributed by atoms with Gasteiger partial charge in [0.05, 0.1) is 5.56 Å². The van der Waals surface area contributed by atoms with Crippen LogP contribution in [-0.2, 0) is 9.47 Å². The van der Waals surface area contributed by atoms with E-state index in [-0.39, 0.29) is 18.0 Å². The number of rotatable bonds is 7. The first-order valence-electron chi connectivity index (χ1n) is 14.1. The van der Waals surface area contributed by atoms with Gasteiger partial charge in [-0.1, -0.05) is 24.3 Å². The lowest BCUT2D eigenvalue weighted by atomic mass is 10.0. The maximum Gasteiger partial charge on any atom is 0.410 e. The van der Waals surface area contributed by atoms with E-state index in [0.29, 0.717) is 59.8 Å². The molecule has 7 nitrogen and oxygen atoms in total. The van der Waals surface area contributed by atoms with E-state index in [0.717, 1.165) is 0 Å². The number of carbonyl (C=O) groups excluding carboxylic acids is 2. The van der Waals surface area contributed by atoms with Crippen molar-refractivity contribution in [2.45, 2.75) is 85.7 Å². The lowest BCUT2D eigenvalue weighted by Crippen LogP contribution is -2.55. The molecule has 2 aromatic rings. The van der Waals surface area contributed by atoms with Gasteiger partial charge < -0.3 is 19.1 Å². The molecule has 0 aromatic heterocycles. The lowest BCUT2D eigenvalue weighted by Gasteiger charge is -2.41. The van der Waals surface area contributed by atoms with E-state index in [4.69, 9.17) is 14.2 Å². The number of aryl methyl sites for hydroxylation is 1. The minimum Gasteiger partial charge on any atom is -0.484 e. The van der Waals surface area contributed by atoms with Crippen LogP contribution in [-0.4, -0.2) is 65.3 Å². The van der Waals surface area contributed by atoms with Crippen molar-refractivity contribution in [2.75, 3.05) is 26.2 Å². The Kier molecular flexibility index (Phi) is 9.90. The summed E-state index contributed by atoms with van der Waals surface area (Å²) in [6, 6.07) is 10.2. The SMILES string of the molecule is C=C(C)c1cc(OC(CN2CCN(C(=O)OC(C)(C)C)[C@H](C)C2)c2ccc(C)c(F)c2)ccc1C(=O)OC(C)(C)C. The van der Waals surface area contributed by atoms with Crippen molar-refractivity contribution < 1.29 is 28.2 Å². The van der Waals surface area contributed by atoms with Gasteiger partial charge in [0.1, 0.15) is 28.9 Å². The number of ether oxygens (including phenoxy) is 3. The molecule has 1 aliphatic rings. The largest absolute Gasteiger partial charge is 0.484 e. The summed E-state index contributed by atoms with van der Waals surface area (Å²) in [5.74, 6) is -0.208. The number of amides is 1. The molecule has 41 heavy (non-hydrogen) atoms. The molecule has 8 heteroatoms. The topological polar surface area (TPSA) is 68.3 Å². The first kappa shape index (κ1) is 32.1. The van der Waals surface area contributed by atoms with Crippen LogP contribution in [0, 0.1) is 12.7 Å². The summed E-state index contributed by atoms with van der Waals surface area (Å²) in [6.07, 6.45) is -0.828. The minimum absolute atomic E-state index is 0.0721. The Balaban J connectivity index is 1.85. The molecule has 2 aromatic carbocycles.